The van der Waals surface area contributed by atoms with Crippen LogP contribution in [-0.2, 0) is 6.54 Å². The molecule has 3 aromatic rings. The van der Waals surface area contributed by atoms with Crippen LogP contribution >= 0.6 is 38.9 Å². The molecular weight excluding hydrogens is 374 g/mol. The van der Waals surface area contributed by atoms with Crippen LogP contribution in [0.5, 0.6) is 0 Å². The Bertz CT molecular complexity index is 782. The van der Waals surface area contributed by atoms with E-state index in [0.717, 1.165) is 15.0 Å². The molecule has 0 fully saturated rings. The van der Waals surface area contributed by atoms with Gasteiger partial charge in [-0.3, -0.25) is 0 Å². The highest BCUT2D eigenvalue weighted by molar-refractivity contribution is 9.11. The SMILES string of the molecule is CC(C)n1cnc2c(NCc3ccsc3Br)nc(Cl)nc21. The lowest BCUT2D eigenvalue weighted by Gasteiger charge is -2.09. The molecule has 0 aliphatic rings. The van der Waals surface area contributed by atoms with E-state index in [1.807, 2.05) is 9.95 Å². The Labute approximate surface area is 139 Å². The van der Waals surface area contributed by atoms with Crippen molar-refractivity contribution in [1.82, 2.24) is 19.5 Å². The summed E-state index contributed by atoms with van der Waals surface area (Å²) in [6.07, 6.45) is 1.77. The summed E-state index contributed by atoms with van der Waals surface area (Å²) in [6.45, 7) is 4.81. The number of hydrogen-bond donors (Lipinski definition) is 1. The Kier molecular flexibility index (Phi) is 4.14. The van der Waals surface area contributed by atoms with Crippen LogP contribution in [0.25, 0.3) is 11.2 Å². The van der Waals surface area contributed by atoms with E-state index in [1.165, 1.54) is 5.56 Å². The van der Waals surface area contributed by atoms with E-state index >= 15 is 0 Å². The molecule has 0 unspecified atom stereocenters. The summed E-state index contributed by atoms with van der Waals surface area (Å²) in [7, 11) is 0. The first-order chi connectivity index (χ1) is 10.1. The summed E-state index contributed by atoms with van der Waals surface area (Å²) in [6, 6.07) is 2.33. The van der Waals surface area contributed by atoms with E-state index in [1.54, 1.807) is 17.7 Å². The Morgan fingerprint density at radius 3 is 2.90 bits per heavy atom. The second kappa shape index (κ2) is 5.90. The molecule has 110 valence electrons. The van der Waals surface area contributed by atoms with Crippen molar-refractivity contribution in [2.45, 2.75) is 26.4 Å². The number of thiophene rings is 1. The third kappa shape index (κ3) is 2.90. The first-order valence-corrected chi connectivity index (χ1v) is 8.47. The van der Waals surface area contributed by atoms with Gasteiger partial charge in [0, 0.05) is 12.6 Å². The van der Waals surface area contributed by atoms with Gasteiger partial charge in [0.2, 0.25) is 5.28 Å². The van der Waals surface area contributed by atoms with Crippen LogP contribution in [0.1, 0.15) is 25.5 Å². The fourth-order valence-corrected chi connectivity index (χ4v) is 3.42. The number of halogens is 2. The number of anilines is 1. The van der Waals surface area contributed by atoms with Crippen molar-refractivity contribution < 1.29 is 0 Å². The van der Waals surface area contributed by atoms with E-state index in [4.69, 9.17) is 11.6 Å². The third-order valence-corrected chi connectivity index (χ3v) is 5.07. The number of nitrogens with one attached hydrogen (secondary N) is 1. The maximum Gasteiger partial charge on any atom is 0.226 e. The van der Waals surface area contributed by atoms with Crippen LogP contribution in [0.4, 0.5) is 5.82 Å². The largest absolute Gasteiger partial charge is 0.364 e. The summed E-state index contributed by atoms with van der Waals surface area (Å²) < 4.78 is 3.09. The highest BCUT2D eigenvalue weighted by Gasteiger charge is 2.14. The molecule has 0 bridgehead atoms. The maximum atomic E-state index is 6.04. The minimum Gasteiger partial charge on any atom is -0.364 e. The molecular formula is C13H13BrClN5S. The fraction of sp³-hybridized carbons (Fsp3) is 0.308. The molecule has 21 heavy (non-hydrogen) atoms. The van der Waals surface area contributed by atoms with Gasteiger partial charge in [0.1, 0.15) is 0 Å². The minimum atomic E-state index is 0.219. The summed E-state index contributed by atoms with van der Waals surface area (Å²) in [4.78, 5) is 13.0. The van der Waals surface area contributed by atoms with Crippen LogP contribution < -0.4 is 5.32 Å². The molecule has 5 nitrogen and oxygen atoms in total. The van der Waals surface area contributed by atoms with E-state index in [2.05, 4.69) is 56.1 Å². The Balaban J connectivity index is 1.96. The molecule has 8 heteroatoms. The van der Waals surface area contributed by atoms with Gasteiger partial charge >= 0.3 is 0 Å². The van der Waals surface area contributed by atoms with Gasteiger partial charge in [-0.2, -0.15) is 9.97 Å². The van der Waals surface area contributed by atoms with E-state index in [0.29, 0.717) is 12.4 Å². The number of aromatic nitrogens is 4. The van der Waals surface area contributed by atoms with Gasteiger partial charge in [-0.05, 0) is 58.4 Å². The van der Waals surface area contributed by atoms with E-state index in [9.17, 15) is 0 Å². The third-order valence-electron chi connectivity index (χ3n) is 3.09. The molecule has 0 saturated carbocycles. The van der Waals surface area contributed by atoms with Gasteiger partial charge in [-0.25, -0.2) is 4.98 Å². The normalized spacial score (nSPS) is 11.5. The van der Waals surface area contributed by atoms with Gasteiger partial charge in [0.05, 0.1) is 10.1 Å². The first-order valence-electron chi connectivity index (χ1n) is 6.42. The van der Waals surface area contributed by atoms with Crippen molar-refractivity contribution in [3.63, 3.8) is 0 Å². The Morgan fingerprint density at radius 1 is 1.43 bits per heavy atom. The summed E-state index contributed by atoms with van der Waals surface area (Å²) in [5.41, 5.74) is 2.66. The van der Waals surface area contributed by atoms with E-state index in [-0.39, 0.29) is 11.3 Å². The number of hydrogen-bond acceptors (Lipinski definition) is 5. The number of rotatable bonds is 4. The zero-order valence-electron chi connectivity index (χ0n) is 11.5. The molecule has 0 aliphatic heterocycles. The molecule has 0 radical (unpaired) electrons. The molecule has 1 N–H and O–H groups in total. The fourth-order valence-electron chi connectivity index (χ4n) is 2.02. The lowest BCUT2D eigenvalue weighted by molar-refractivity contribution is 0.612. The summed E-state index contributed by atoms with van der Waals surface area (Å²) in [5.74, 6) is 0.655. The second-order valence-electron chi connectivity index (χ2n) is 4.83. The highest BCUT2D eigenvalue weighted by Crippen LogP contribution is 2.26. The molecule has 0 amide bonds. The predicted molar refractivity (Wildman–Crippen MR) is 90.1 cm³/mol. The van der Waals surface area contributed by atoms with Gasteiger partial charge < -0.3 is 9.88 Å². The smallest absolute Gasteiger partial charge is 0.226 e. The second-order valence-corrected chi connectivity index (χ2v) is 7.40. The average molecular weight is 387 g/mol. The van der Waals surface area contributed by atoms with Gasteiger partial charge in [0.25, 0.3) is 0 Å². The molecule has 0 saturated heterocycles. The Morgan fingerprint density at radius 2 is 2.24 bits per heavy atom. The molecule has 0 aliphatic carbocycles. The summed E-state index contributed by atoms with van der Waals surface area (Å²) in [5, 5.41) is 5.55. The average Bonchev–Trinajstić information content (AvgIpc) is 3.02. The number of fused-ring (bicyclic) bond motifs is 1. The van der Waals surface area contributed by atoms with Crippen LogP contribution in [-0.4, -0.2) is 19.5 Å². The molecule has 3 aromatic heterocycles. The standard InChI is InChI=1S/C13H13BrClN5S/c1-7(2)20-6-17-9-11(18-13(15)19-12(9)20)16-5-8-3-4-21-10(8)14/h3-4,6-7H,5H2,1-2H3,(H,16,18,19). The van der Waals surface area contributed by atoms with Crippen LogP contribution in [0, 0.1) is 0 Å². The minimum absolute atomic E-state index is 0.219. The number of nitrogens with zero attached hydrogens (tertiary/aromatic N) is 4. The zero-order valence-corrected chi connectivity index (χ0v) is 14.6. The van der Waals surface area contributed by atoms with Crippen molar-refractivity contribution >= 4 is 55.8 Å². The topological polar surface area (TPSA) is 55.6 Å². The Hall–Kier alpha value is -1.18. The van der Waals surface area contributed by atoms with Crippen molar-refractivity contribution in [2.24, 2.45) is 0 Å². The maximum absolute atomic E-state index is 6.04. The summed E-state index contributed by atoms with van der Waals surface area (Å²) >= 11 is 11.2. The molecule has 3 rings (SSSR count). The quantitative estimate of drug-likeness (QED) is 0.671. The molecule has 3 heterocycles. The molecule has 0 aromatic carbocycles. The van der Waals surface area contributed by atoms with Crippen LogP contribution in [0.2, 0.25) is 5.28 Å². The van der Waals surface area contributed by atoms with Crippen molar-refractivity contribution in [2.75, 3.05) is 5.32 Å². The van der Waals surface area contributed by atoms with Gasteiger partial charge in [0.15, 0.2) is 17.0 Å². The molecule has 0 spiro atoms. The first kappa shape index (κ1) is 14.7. The van der Waals surface area contributed by atoms with Crippen molar-refractivity contribution in [1.29, 1.82) is 0 Å². The monoisotopic (exact) mass is 385 g/mol. The zero-order chi connectivity index (χ0) is 15.0. The van der Waals surface area contributed by atoms with Crippen LogP contribution in [0.3, 0.4) is 0 Å². The lowest BCUT2D eigenvalue weighted by atomic mass is 10.3. The van der Waals surface area contributed by atoms with Crippen molar-refractivity contribution in [3.05, 3.63) is 32.4 Å². The van der Waals surface area contributed by atoms with Crippen molar-refractivity contribution in [3.8, 4) is 0 Å². The van der Waals surface area contributed by atoms with E-state index < -0.39 is 0 Å². The highest BCUT2D eigenvalue weighted by atomic mass is 79.9. The molecule has 0 atom stereocenters. The lowest BCUT2D eigenvalue weighted by Crippen LogP contribution is -2.05. The van der Waals surface area contributed by atoms with Gasteiger partial charge in [-0.15, -0.1) is 11.3 Å². The van der Waals surface area contributed by atoms with Crippen LogP contribution in [0.15, 0.2) is 21.6 Å². The van der Waals surface area contributed by atoms with Gasteiger partial charge in [-0.1, -0.05) is 0 Å². The number of imidazole rings is 1. The predicted octanol–water partition coefficient (Wildman–Crippen LogP) is 4.50.